The number of benzene rings is 1. The number of hydrogen-bond acceptors (Lipinski definition) is 3. The smallest absolute Gasteiger partial charge is 0.0931 e. The lowest BCUT2D eigenvalue weighted by molar-refractivity contribution is 0.817. The van der Waals surface area contributed by atoms with Crippen molar-refractivity contribution in [2.75, 3.05) is 0 Å². The van der Waals surface area contributed by atoms with Crippen molar-refractivity contribution in [1.29, 1.82) is 0 Å². The number of hydrogen-bond donors (Lipinski definition) is 1. The zero-order valence-electron chi connectivity index (χ0n) is 9.52. The van der Waals surface area contributed by atoms with Gasteiger partial charge in [0.1, 0.15) is 0 Å². The van der Waals surface area contributed by atoms with Crippen molar-refractivity contribution in [3.63, 3.8) is 0 Å². The molecule has 1 aromatic carbocycles. The highest BCUT2D eigenvalue weighted by Crippen LogP contribution is 2.29. The van der Waals surface area contributed by atoms with Crippen LogP contribution >= 0.6 is 34.7 Å². The predicted octanol–water partition coefficient (Wildman–Crippen LogP) is 4.71. The maximum absolute atomic E-state index is 5.89. The molecule has 2 aromatic rings. The summed E-state index contributed by atoms with van der Waals surface area (Å²) in [6.07, 6.45) is 0. The molecule has 1 aromatic heterocycles. The van der Waals surface area contributed by atoms with Gasteiger partial charge in [-0.3, -0.25) is 0 Å². The van der Waals surface area contributed by atoms with Crippen LogP contribution in [0.5, 0.6) is 0 Å². The summed E-state index contributed by atoms with van der Waals surface area (Å²) in [5, 5.41) is 0. The molecule has 2 rings (SSSR count). The molecule has 17 heavy (non-hydrogen) atoms. The highest BCUT2D eigenvalue weighted by atomic mass is 35.5. The molecular weight excluding hydrogens is 270 g/mol. The minimum Gasteiger partial charge on any atom is -0.324 e. The quantitative estimate of drug-likeness (QED) is 0.822. The average Bonchev–Trinajstić information content (AvgIpc) is 2.73. The highest BCUT2D eigenvalue weighted by Gasteiger charge is 2.02. The van der Waals surface area contributed by atoms with Crippen LogP contribution in [0.25, 0.3) is 0 Å². The summed E-state index contributed by atoms with van der Waals surface area (Å²) >= 11 is 9.35. The van der Waals surface area contributed by atoms with E-state index in [1.807, 2.05) is 24.8 Å². The van der Waals surface area contributed by atoms with Crippen LogP contribution < -0.4 is 5.73 Å². The van der Waals surface area contributed by atoms with E-state index < -0.39 is 0 Å². The molecule has 0 fully saturated rings. The Hall–Kier alpha value is -0.480. The summed E-state index contributed by atoms with van der Waals surface area (Å²) in [5.41, 5.74) is 6.99. The summed E-state index contributed by atoms with van der Waals surface area (Å²) in [7, 11) is 0. The molecule has 0 saturated carbocycles. The molecular formula is C13H14ClNS2. The van der Waals surface area contributed by atoms with Crippen molar-refractivity contribution in [3.8, 4) is 0 Å². The first-order valence-electron chi connectivity index (χ1n) is 5.37. The minimum absolute atomic E-state index is 0.102. The summed E-state index contributed by atoms with van der Waals surface area (Å²) < 4.78 is 0.855. The van der Waals surface area contributed by atoms with Crippen LogP contribution in [0.2, 0.25) is 4.34 Å². The van der Waals surface area contributed by atoms with Gasteiger partial charge in [-0.2, -0.15) is 0 Å². The fourth-order valence-corrected chi connectivity index (χ4v) is 3.48. The van der Waals surface area contributed by atoms with Crippen molar-refractivity contribution >= 4 is 34.7 Å². The first kappa shape index (κ1) is 13.0. The van der Waals surface area contributed by atoms with Gasteiger partial charge in [-0.05, 0) is 36.8 Å². The SMILES string of the molecule is CC(N)c1ccc(SCc2ccc(Cl)s2)cc1. The molecule has 1 atom stereocenters. The Morgan fingerprint density at radius 1 is 1.24 bits per heavy atom. The van der Waals surface area contributed by atoms with Gasteiger partial charge in [-0.25, -0.2) is 0 Å². The van der Waals surface area contributed by atoms with E-state index in [2.05, 4.69) is 30.3 Å². The van der Waals surface area contributed by atoms with Gasteiger partial charge in [0.25, 0.3) is 0 Å². The Morgan fingerprint density at radius 3 is 2.47 bits per heavy atom. The maximum atomic E-state index is 5.89. The molecule has 0 aliphatic heterocycles. The van der Waals surface area contributed by atoms with E-state index in [0.717, 1.165) is 10.1 Å². The highest BCUT2D eigenvalue weighted by molar-refractivity contribution is 7.98. The van der Waals surface area contributed by atoms with Crippen LogP contribution in [0.3, 0.4) is 0 Å². The Kier molecular flexibility index (Phi) is 4.51. The topological polar surface area (TPSA) is 26.0 Å². The summed E-state index contributed by atoms with van der Waals surface area (Å²) in [6, 6.07) is 12.6. The Labute approximate surface area is 115 Å². The minimum atomic E-state index is 0.102. The maximum Gasteiger partial charge on any atom is 0.0931 e. The van der Waals surface area contributed by atoms with Crippen LogP contribution in [-0.2, 0) is 5.75 Å². The third-order valence-electron chi connectivity index (χ3n) is 2.42. The van der Waals surface area contributed by atoms with E-state index in [9.17, 15) is 0 Å². The monoisotopic (exact) mass is 283 g/mol. The molecule has 1 nitrogen and oxygen atoms in total. The second-order valence-electron chi connectivity index (χ2n) is 3.85. The zero-order valence-corrected chi connectivity index (χ0v) is 11.9. The third-order valence-corrected chi connectivity index (χ3v) is 4.89. The molecule has 0 aliphatic rings. The van der Waals surface area contributed by atoms with Crippen molar-refractivity contribution < 1.29 is 0 Å². The molecule has 0 saturated heterocycles. The third kappa shape index (κ3) is 3.75. The van der Waals surface area contributed by atoms with Gasteiger partial charge < -0.3 is 5.73 Å². The number of rotatable bonds is 4. The Balaban J connectivity index is 1.95. The van der Waals surface area contributed by atoms with Gasteiger partial charge in [0.2, 0.25) is 0 Å². The largest absolute Gasteiger partial charge is 0.324 e. The molecule has 1 unspecified atom stereocenters. The lowest BCUT2D eigenvalue weighted by atomic mass is 10.1. The molecule has 2 N–H and O–H groups in total. The lowest BCUT2D eigenvalue weighted by Gasteiger charge is -2.06. The van der Waals surface area contributed by atoms with E-state index in [4.69, 9.17) is 17.3 Å². The van der Waals surface area contributed by atoms with Gasteiger partial charge in [0.05, 0.1) is 4.34 Å². The molecule has 1 heterocycles. The average molecular weight is 284 g/mol. The first-order valence-corrected chi connectivity index (χ1v) is 7.56. The Bertz CT molecular complexity index is 476. The van der Waals surface area contributed by atoms with Gasteiger partial charge in [-0.15, -0.1) is 23.1 Å². The van der Waals surface area contributed by atoms with Crippen LogP contribution in [0.4, 0.5) is 0 Å². The van der Waals surface area contributed by atoms with Crippen molar-refractivity contribution in [3.05, 3.63) is 51.2 Å². The van der Waals surface area contributed by atoms with Crippen LogP contribution in [-0.4, -0.2) is 0 Å². The van der Waals surface area contributed by atoms with Crippen LogP contribution in [0.1, 0.15) is 23.4 Å². The molecule has 0 spiro atoms. The number of thioether (sulfide) groups is 1. The van der Waals surface area contributed by atoms with Gasteiger partial charge in [0.15, 0.2) is 0 Å². The fraction of sp³-hybridized carbons (Fsp3) is 0.231. The van der Waals surface area contributed by atoms with Crippen molar-refractivity contribution in [1.82, 2.24) is 0 Å². The zero-order chi connectivity index (χ0) is 12.3. The fourth-order valence-electron chi connectivity index (χ4n) is 1.45. The standard InChI is InChI=1S/C13H14ClNS2/c1-9(15)10-2-4-11(5-3-10)16-8-12-6-7-13(14)17-12/h2-7,9H,8,15H2,1H3. The number of nitrogens with two attached hydrogens (primary N) is 1. The van der Waals surface area contributed by atoms with Gasteiger partial charge in [-0.1, -0.05) is 23.7 Å². The molecule has 0 amide bonds. The summed E-state index contributed by atoms with van der Waals surface area (Å²) in [4.78, 5) is 2.56. The molecule has 0 radical (unpaired) electrons. The first-order chi connectivity index (χ1) is 8.15. The summed E-state index contributed by atoms with van der Waals surface area (Å²) in [6.45, 7) is 2.00. The molecule has 90 valence electrons. The van der Waals surface area contributed by atoms with E-state index in [1.165, 1.54) is 15.3 Å². The normalized spacial score (nSPS) is 12.6. The van der Waals surface area contributed by atoms with E-state index in [-0.39, 0.29) is 6.04 Å². The van der Waals surface area contributed by atoms with E-state index >= 15 is 0 Å². The number of thiophene rings is 1. The predicted molar refractivity (Wildman–Crippen MR) is 77.9 cm³/mol. The molecule has 0 bridgehead atoms. The second kappa shape index (κ2) is 5.91. The van der Waals surface area contributed by atoms with E-state index in [0.29, 0.717) is 0 Å². The van der Waals surface area contributed by atoms with Crippen molar-refractivity contribution in [2.24, 2.45) is 5.73 Å². The van der Waals surface area contributed by atoms with Crippen molar-refractivity contribution in [2.45, 2.75) is 23.6 Å². The van der Waals surface area contributed by atoms with E-state index in [1.54, 1.807) is 11.3 Å². The second-order valence-corrected chi connectivity index (χ2v) is 6.70. The van der Waals surface area contributed by atoms with Gasteiger partial charge in [0, 0.05) is 21.6 Å². The van der Waals surface area contributed by atoms with Gasteiger partial charge >= 0.3 is 0 Å². The lowest BCUT2D eigenvalue weighted by Crippen LogP contribution is -2.04. The van der Waals surface area contributed by atoms with Crippen LogP contribution in [0.15, 0.2) is 41.3 Å². The molecule has 4 heteroatoms. The number of halogens is 1. The summed E-state index contributed by atoms with van der Waals surface area (Å²) in [5.74, 6) is 0.967. The molecule has 0 aliphatic carbocycles. The van der Waals surface area contributed by atoms with Crippen LogP contribution in [0, 0.1) is 0 Å². The Morgan fingerprint density at radius 2 is 1.94 bits per heavy atom.